The predicted molar refractivity (Wildman–Crippen MR) is 66.8 cm³/mol. The molecule has 1 atom stereocenters. The Hall–Kier alpha value is -0.600. The van der Waals surface area contributed by atoms with Crippen LogP contribution in [0.25, 0.3) is 6.08 Å². The molecule has 1 nitrogen and oxygen atoms in total. The molecule has 1 aliphatic heterocycles. The van der Waals surface area contributed by atoms with Crippen molar-refractivity contribution in [2.45, 2.75) is 25.4 Å². The molecule has 1 saturated heterocycles. The molecule has 2 heteroatoms. The Kier molecular flexibility index (Phi) is 3.98. The highest BCUT2D eigenvalue weighted by molar-refractivity contribution is 9.10. The van der Waals surface area contributed by atoms with Crippen LogP contribution in [0.2, 0.25) is 0 Å². The van der Waals surface area contributed by atoms with Crippen molar-refractivity contribution in [1.29, 1.82) is 0 Å². The van der Waals surface area contributed by atoms with Gasteiger partial charge in [0.15, 0.2) is 0 Å². The van der Waals surface area contributed by atoms with Gasteiger partial charge in [0.25, 0.3) is 0 Å². The molecule has 1 fully saturated rings. The number of halogens is 1. The van der Waals surface area contributed by atoms with Crippen LogP contribution in [0.5, 0.6) is 0 Å². The lowest BCUT2D eigenvalue weighted by molar-refractivity contribution is 0.0471. The number of hydrogen-bond donors (Lipinski definition) is 0. The van der Waals surface area contributed by atoms with E-state index < -0.39 is 0 Å². The molecule has 0 aromatic heterocycles. The quantitative estimate of drug-likeness (QED) is 0.786. The Balaban J connectivity index is 1.95. The van der Waals surface area contributed by atoms with Crippen molar-refractivity contribution in [2.75, 3.05) is 6.61 Å². The fraction of sp³-hybridized carbons (Fsp3) is 0.385. The number of rotatable bonds is 2. The van der Waals surface area contributed by atoms with E-state index in [2.05, 4.69) is 52.3 Å². The third-order valence-electron chi connectivity index (χ3n) is 2.59. The topological polar surface area (TPSA) is 9.23 Å². The summed E-state index contributed by atoms with van der Waals surface area (Å²) in [6.45, 7) is 0.912. The second-order valence-electron chi connectivity index (χ2n) is 3.82. The first-order chi connectivity index (χ1) is 7.34. The van der Waals surface area contributed by atoms with Gasteiger partial charge in [0.2, 0.25) is 0 Å². The van der Waals surface area contributed by atoms with Crippen molar-refractivity contribution in [2.24, 2.45) is 0 Å². The molecule has 1 aromatic rings. The first-order valence-corrected chi connectivity index (χ1v) is 6.19. The average molecular weight is 267 g/mol. The van der Waals surface area contributed by atoms with Gasteiger partial charge < -0.3 is 4.74 Å². The van der Waals surface area contributed by atoms with Gasteiger partial charge in [0.1, 0.15) is 0 Å². The van der Waals surface area contributed by atoms with Gasteiger partial charge in [-0.2, -0.15) is 0 Å². The van der Waals surface area contributed by atoms with Crippen LogP contribution in [-0.2, 0) is 4.74 Å². The van der Waals surface area contributed by atoms with Gasteiger partial charge in [-0.15, -0.1) is 0 Å². The van der Waals surface area contributed by atoms with E-state index >= 15 is 0 Å². The van der Waals surface area contributed by atoms with Crippen LogP contribution in [0.1, 0.15) is 24.8 Å². The van der Waals surface area contributed by atoms with Crippen molar-refractivity contribution in [3.05, 3.63) is 40.4 Å². The highest BCUT2D eigenvalue weighted by atomic mass is 79.9. The lowest BCUT2D eigenvalue weighted by Gasteiger charge is -2.19. The first-order valence-electron chi connectivity index (χ1n) is 5.40. The Morgan fingerprint density at radius 1 is 1.20 bits per heavy atom. The lowest BCUT2D eigenvalue weighted by Crippen LogP contribution is -2.15. The molecule has 0 N–H and O–H groups in total. The van der Waals surface area contributed by atoms with Gasteiger partial charge in [-0.1, -0.05) is 40.2 Å². The van der Waals surface area contributed by atoms with Crippen molar-refractivity contribution in [3.8, 4) is 0 Å². The van der Waals surface area contributed by atoms with E-state index in [4.69, 9.17) is 4.74 Å². The van der Waals surface area contributed by atoms with E-state index in [0.29, 0.717) is 6.10 Å². The summed E-state index contributed by atoms with van der Waals surface area (Å²) in [4.78, 5) is 0. The van der Waals surface area contributed by atoms with Crippen LogP contribution < -0.4 is 0 Å². The maximum absolute atomic E-state index is 5.63. The second-order valence-corrected chi connectivity index (χ2v) is 4.73. The van der Waals surface area contributed by atoms with Gasteiger partial charge in [0, 0.05) is 11.1 Å². The lowest BCUT2D eigenvalue weighted by atomic mass is 10.1. The normalized spacial score (nSPS) is 22.1. The summed E-state index contributed by atoms with van der Waals surface area (Å²) < 4.78 is 6.75. The number of benzene rings is 1. The van der Waals surface area contributed by atoms with Crippen LogP contribution in [0.15, 0.2) is 34.8 Å². The van der Waals surface area contributed by atoms with Gasteiger partial charge in [0.05, 0.1) is 6.10 Å². The van der Waals surface area contributed by atoms with Crippen molar-refractivity contribution < 1.29 is 4.74 Å². The largest absolute Gasteiger partial charge is 0.374 e. The average Bonchev–Trinajstić information content (AvgIpc) is 2.30. The van der Waals surface area contributed by atoms with Crippen molar-refractivity contribution in [3.63, 3.8) is 0 Å². The van der Waals surface area contributed by atoms with Gasteiger partial charge in [-0.25, -0.2) is 0 Å². The highest BCUT2D eigenvalue weighted by Gasteiger charge is 2.09. The fourth-order valence-corrected chi connectivity index (χ4v) is 1.97. The van der Waals surface area contributed by atoms with E-state index in [1.807, 2.05) is 0 Å². The molecule has 0 radical (unpaired) electrons. The Bertz CT molecular complexity index is 323. The van der Waals surface area contributed by atoms with E-state index in [1.165, 1.54) is 18.4 Å². The molecule has 0 amide bonds. The number of hydrogen-bond acceptors (Lipinski definition) is 1. The molecule has 1 heterocycles. The molecule has 0 saturated carbocycles. The summed E-state index contributed by atoms with van der Waals surface area (Å²) in [5.74, 6) is 0. The maximum atomic E-state index is 5.63. The molecular weight excluding hydrogens is 252 g/mol. The van der Waals surface area contributed by atoms with Gasteiger partial charge in [-0.05, 0) is 37.0 Å². The van der Waals surface area contributed by atoms with Crippen LogP contribution >= 0.6 is 15.9 Å². The van der Waals surface area contributed by atoms with E-state index in [-0.39, 0.29) is 0 Å². The molecule has 1 unspecified atom stereocenters. The van der Waals surface area contributed by atoms with Gasteiger partial charge >= 0.3 is 0 Å². The smallest absolute Gasteiger partial charge is 0.0759 e. The van der Waals surface area contributed by atoms with E-state index in [0.717, 1.165) is 17.5 Å². The molecule has 1 aliphatic rings. The van der Waals surface area contributed by atoms with Crippen LogP contribution in [0, 0.1) is 0 Å². The minimum absolute atomic E-state index is 0.322. The SMILES string of the molecule is Brc1ccc(/C=C/C2CCCCO2)cc1. The number of ether oxygens (including phenoxy) is 1. The fourth-order valence-electron chi connectivity index (χ4n) is 1.71. The zero-order chi connectivity index (χ0) is 10.5. The molecule has 1 aromatic carbocycles. The van der Waals surface area contributed by atoms with E-state index in [9.17, 15) is 0 Å². The Morgan fingerprint density at radius 2 is 2.00 bits per heavy atom. The standard InChI is InChI=1S/C13H15BrO/c14-12-7-4-11(5-8-12)6-9-13-3-1-2-10-15-13/h4-9,13H,1-3,10H2/b9-6+. The summed E-state index contributed by atoms with van der Waals surface area (Å²) >= 11 is 3.42. The van der Waals surface area contributed by atoms with Crippen LogP contribution in [0.4, 0.5) is 0 Å². The van der Waals surface area contributed by atoms with Crippen molar-refractivity contribution >= 4 is 22.0 Å². The minimum Gasteiger partial charge on any atom is -0.374 e. The maximum Gasteiger partial charge on any atom is 0.0759 e. The third kappa shape index (κ3) is 3.47. The molecule has 0 spiro atoms. The summed E-state index contributed by atoms with van der Waals surface area (Å²) in [7, 11) is 0. The molecule has 80 valence electrons. The van der Waals surface area contributed by atoms with Crippen molar-refractivity contribution in [1.82, 2.24) is 0 Å². The third-order valence-corrected chi connectivity index (χ3v) is 3.12. The molecule has 15 heavy (non-hydrogen) atoms. The first kappa shape index (κ1) is 10.9. The van der Waals surface area contributed by atoms with Gasteiger partial charge in [-0.3, -0.25) is 0 Å². The zero-order valence-electron chi connectivity index (χ0n) is 8.66. The summed E-state index contributed by atoms with van der Waals surface area (Å²) in [6, 6.07) is 8.32. The van der Waals surface area contributed by atoms with Crippen LogP contribution in [0.3, 0.4) is 0 Å². The predicted octanol–water partition coefficient (Wildman–Crippen LogP) is 4.03. The van der Waals surface area contributed by atoms with E-state index in [1.54, 1.807) is 0 Å². The Morgan fingerprint density at radius 3 is 2.67 bits per heavy atom. The molecule has 2 rings (SSSR count). The molecular formula is C13H15BrO. The highest BCUT2D eigenvalue weighted by Crippen LogP contribution is 2.16. The molecule has 0 bridgehead atoms. The van der Waals surface area contributed by atoms with Crippen LogP contribution in [-0.4, -0.2) is 12.7 Å². The second kappa shape index (κ2) is 5.47. The summed E-state index contributed by atoms with van der Waals surface area (Å²) in [5, 5.41) is 0. The summed E-state index contributed by atoms with van der Waals surface area (Å²) in [6.07, 6.45) is 8.29. The molecule has 0 aliphatic carbocycles. The monoisotopic (exact) mass is 266 g/mol. The Labute approximate surface area is 99.3 Å². The zero-order valence-corrected chi connectivity index (χ0v) is 10.2. The summed E-state index contributed by atoms with van der Waals surface area (Å²) in [5.41, 5.74) is 1.23. The minimum atomic E-state index is 0.322.